The number of anilines is 1. The molecule has 11 heteroatoms. The zero-order chi connectivity index (χ0) is 34.4. The maximum absolute atomic E-state index is 14.3. The summed E-state index contributed by atoms with van der Waals surface area (Å²) in [4.78, 5) is 45.6. The molecule has 4 aromatic rings. The van der Waals surface area contributed by atoms with Gasteiger partial charge in [-0.05, 0) is 64.2 Å². The van der Waals surface area contributed by atoms with Crippen LogP contribution in [0.1, 0.15) is 91.0 Å². The summed E-state index contributed by atoms with van der Waals surface area (Å²) in [6.07, 6.45) is 1.26. The Balaban J connectivity index is 1.78. The molecule has 0 saturated carbocycles. The van der Waals surface area contributed by atoms with Gasteiger partial charge in [-0.1, -0.05) is 63.6 Å². The van der Waals surface area contributed by atoms with Gasteiger partial charge in [0.1, 0.15) is 11.4 Å². The lowest BCUT2D eigenvalue weighted by Crippen LogP contribution is -2.59. The van der Waals surface area contributed by atoms with Crippen LogP contribution in [0.3, 0.4) is 0 Å². The number of piperazine rings is 1. The molecule has 1 aromatic carbocycles. The van der Waals surface area contributed by atoms with Crippen molar-refractivity contribution in [1.82, 2.24) is 24.4 Å². The van der Waals surface area contributed by atoms with Crippen molar-refractivity contribution in [3.63, 3.8) is 0 Å². The molecule has 1 saturated heterocycles. The summed E-state index contributed by atoms with van der Waals surface area (Å²) in [5.74, 6) is 0.571. The summed E-state index contributed by atoms with van der Waals surface area (Å²) in [5.41, 5.74) is 3.32. The number of ether oxygens (including phenoxy) is 1. The van der Waals surface area contributed by atoms with Gasteiger partial charge in [-0.3, -0.25) is 4.98 Å². The van der Waals surface area contributed by atoms with Crippen LogP contribution in [0.4, 0.5) is 10.6 Å². The highest BCUT2D eigenvalue weighted by Crippen LogP contribution is 2.38. The lowest BCUT2D eigenvalue weighted by atomic mass is 9.95. The van der Waals surface area contributed by atoms with Crippen molar-refractivity contribution >= 4 is 34.5 Å². The number of carbonyl (C=O) groups excluding carboxylic acids is 1. The van der Waals surface area contributed by atoms with E-state index in [1.165, 1.54) is 4.57 Å². The van der Waals surface area contributed by atoms with Crippen LogP contribution < -0.4 is 10.6 Å². The molecule has 10 nitrogen and oxygen atoms in total. The number of aromatic nitrogens is 4. The van der Waals surface area contributed by atoms with Crippen LogP contribution in [0, 0.1) is 0 Å². The molecule has 5 rings (SSSR count). The van der Waals surface area contributed by atoms with Crippen molar-refractivity contribution in [2.75, 3.05) is 18.0 Å². The summed E-state index contributed by atoms with van der Waals surface area (Å²) < 4.78 is 7.15. The van der Waals surface area contributed by atoms with E-state index in [-0.39, 0.29) is 36.6 Å². The average molecular weight is 661 g/mol. The molecule has 3 aromatic heterocycles. The van der Waals surface area contributed by atoms with Crippen molar-refractivity contribution in [3.8, 4) is 16.9 Å². The van der Waals surface area contributed by atoms with Gasteiger partial charge in [-0.15, -0.1) is 0 Å². The first kappa shape index (κ1) is 34.3. The Hall–Kier alpha value is -4.02. The summed E-state index contributed by atoms with van der Waals surface area (Å²) >= 11 is 7.08. The third-order valence-electron chi connectivity index (χ3n) is 8.50. The number of amides is 1. The minimum atomic E-state index is -0.623. The number of benzene rings is 1. The minimum absolute atomic E-state index is 0.0617. The fourth-order valence-corrected chi connectivity index (χ4v) is 6.50. The Kier molecular flexibility index (Phi) is 9.67. The molecule has 250 valence electrons. The third-order valence-corrected chi connectivity index (χ3v) is 8.79. The van der Waals surface area contributed by atoms with Gasteiger partial charge in [0.25, 0.3) is 0 Å². The monoisotopic (exact) mass is 660 g/mol. The lowest BCUT2D eigenvalue weighted by Gasteiger charge is -2.44. The SMILES string of the molecule is CC(C)c1ccccc1-c1nc2c(cc1Cl)c(N1C[C@@H](C)N(C(=O)OC(C)(C)C)C[C@@H]1C)nc(=O)n2-c1c(CO)ccnc1C(C)C. The number of aliphatic hydroxyl groups excluding tert-OH is 1. The van der Waals surface area contributed by atoms with Crippen molar-refractivity contribution in [2.24, 2.45) is 0 Å². The Morgan fingerprint density at radius 1 is 1.04 bits per heavy atom. The molecule has 0 spiro atoms. The maximum Gasteiger partial charge on any atom is 0.410 e. The second-order valence-electron chi connectivity index (χ2n) is 14.0. The topological polar surface area (TPSA) is 114 Å². The fourth-order valence-electron chi connectivity index (χ4n) is 6.25. The van der Waals surface area contributed by atoms with E-state index in [9.17, 15) is 14.7 Å². The van der Waals surface area contributed by atoms with Gasteiger partial charge in [0.05, 0.1) is 34.1 Å². The van der Waals surface area contributed by atoms with E-state index >= 15 is 0 Å². The summed E-state index contributed by atoms with van der Waals surface area (Å²) in [5, 5.41) is 11.4. The van der Waals surface area contributed by atoms with Crippen LogP contribution in [-0.4, -0.2) is 66.4 Å². The van der Waals surface area contributed by atoms with Crippen LogP contribution in [0.15, 0.2) is 47.4 Å². The quantitative estimate of drug-likeness (QED) is 0.234. The molecule has 2 atom stereocenters. The van der Waals surface area contributed by atoms with Crippen LogP contribution in [0.2, 0.25) is 5.02 Å². The van der Waals surface area contributed by atoms with E-state index in [0.29, 0.717) is 57.6 Å². The summed E-state index contributed by atoms with van der Waals surface area (Å²) in [6, 6.07) is 11.1. The second kappa shape index (κ2) is 13.2. The van der Waals surface area contributed by atoms with Gasteiger partial charge in [-0.2, -0.15) is 4.98 Å². The molecule has 0 radical (unpaired) electrons. The minimum Gasteiger partial charge on any atom is -0.444 e. The van der Waals surface area contributed by atoms with E-state index in [1.54, 1.807) is 17.2 Å². The fraction of sp³-hybridized carbons (Fsp3) is 0.472. The molecule has 47 heavy (non-hydrogen) atoms. The van der Waals surface area contributed by atoms with Gasteiger partial charge < -0.3 is 19.6 Å². The van der Waals surface area contributed by atoms with E-state index in [0.717, 1.165) is 11.1 Å². The number of halogens is 1. The molecule has 0 bridgehead atoms. The first-order valence-electron chi connectivity index (χ1n) is 16.2. The molecule has 1 aliphatic heterocycles. The number of carbonyl (C=O) groups is 1. The van der Waals surface area contributed by atoms with Gasteiger partial charge in [0.15, 0.2) is 5.65 Å². The van der Waals surface area contributed by atoms with Crippen molar-refractivity contribution in [2.45, 2.75) is 98.4 Å². The van der Waals surface area contributed by atoms with Crippen LogP contribution in [-0.2, 0) is 11.3 Å². The van der Waals surface area contributed by atoms with Crippen LogP contribution in [0.25, 0.3) is 28.0 Å². The normalized spacial score (nSPS) is 17.2. The van der Waals surface area contributed by atoms with Crippen molar-refractivity contribution in [1.29, 1.82) is 0 Å². The number of fused-ring (bicyclic) bond motifs is 1. The van der Waals surface area contributed by atoms with Gasteiger partial charge in [-0.25, -0.2) is 19.1 Å². The Bertz CT molecular complexity index is 1870. The number of rotatable bonds is 6. The number of aliphatic hydroxyl groups is 1. The molecular formula is C36H45ClN6O4. The molecule has 1 fully saturated rings. The highest BCUT2D eigenvalue weighted by atomic mass is 35.5. The molecule has 1 aliphatic rings. The highest BCUT2D eigenvalue weighted by molar-refractivity contribution is 6.34. The highest BCUT2D eigenvalue weighted by Gasteiger charge is 2.36. The molecule has 4 heterocycles. The first-order valence-corrected chi connectivity index (χ1v) is 16.6. The number of nitrogens with zero attached hydrogens (tertiary/aromatic N) is 6. The zero-order valence-electron chi connectivity index (χ0n) is 28.7. The number of hydrogen-bond acceptors (Lipinski definition) is 8. The van der Waals surface area contributed by atoms with Crippen molar-refractivity contribution < 1.29 is 14.6 Å². The predicted octanol–water partition coefficient (Wildman–Crippen LogP) is 7.07. The lowest BCUT2D eigenvalue weighted by molar-refractivity contribution is 0.0130. The molecule has 1 amide bonds. The Morgan fingerprint density at radius 3 is 2.38 bits per heavy atom. The zero-order valence-corrected chi connectivity index (χ0v) is 29.5. The molecule has 1 N–H and O–H groups in total. The van der Waals surface area contributed by atoms with Gasteiger partial charge in [0.2, 0.25) is 0 Å². The smallest absolute Gasteiger partial charge is 0.410 e. The molecular weight excluding hydrogens is 616 g/mol. The van der Waals surface area contributed by atoms with E-state index in [2.05, 4.69) is 29.9 Å². The Labute approximate surface area is 281 Å². The van der Waals surface area contributed by atoms with E-state index < -0.39 is 11.3 Å². The van der Waals surface area contributed by atoms with Gasteiger partial charge >= 0.3 is 11.8 Å². The molecule has 0 aliphatic carbocycles. The van der Waals surface area contributed by atoms with E-state index in [1.807, 2.05) is 77.6 Å². The molecule has 0 unspecified atom stereocenters. The van der Waals surface area contributed by atoms with Crippen LogP contribution in [0.5, 0.6) is 0 Å². The second-order valence-corrected chi connectivity index (χ2v) is 14.4. The summed E-state index contributed by atoms with van der Waals surface area (Å²) in [6.45, 7) is 18.2. The average Bonchev–Trinajstić information content (AvgIpc) is 3.00. The third kappa shape index (κ3) is 6.71. The predicted molar refractivity (Wildman–Crippen MR) is 187 cm³/mol. The number of hydrogen-bond donors (Lipinski definition) is 1. The standard InChI is InChI=1S/C36H45ClN6O4/c1-20(2)25-12-10-11-13-26(25)30-28(37)16-27-32(41-17-23(6)42(18-22(41)5)35(46)47-36(7,8)9)40-34(45)43(33(27)39-30)31-24(19-44)14-15-38-29(31)21(3)4/h10-16,20-23,44H,17-19H2,1-9H3/t22-,23+/m0/s1. The van der Waals surface area contributed by atoms with E-state index in [4.69, 9.17) is 21.3 Å². The first-order chi connectivity index (χ1) is 22.1. The number of pyridine rings is 2. The summed E-state index contributed by atoms with van der Waals surface area (Å²) in [7, 11) is 0. The van der Waals surface area contributed by atoms with Crippen molar-refractivity contribution in [3.05, 3.63) is 74.9 Å². The largest absolute Gasteiger partial charge is 0.444 e. The van der Waals surface area contributed by atoms with Crippen LogP contribution >= 0.6 is 11.6 Å². The van der Waals surface area contributed by atoms with Gasteiger partial charge in [0, 0.05) is 42.5 Å². The Morgan fingerprint density at radius 2 is 1.74 bits per heavy atom. The maximum atomic E-state index is 14.3.